The topological polar surface area (TPSA) is 94.7 Å². The SMILES string of the molecule is CCOC(=O)C1=C(N)Oc2cc(O)ccc2C1c1c(Cl)ccnc1Cl. The molecule has 2 aromatic rings. The quantitative estimate of drug-likeness (QED) is 0.626. The van der Waals surface area contributed by atoms with Crippen molar-refractivity contribution in [3.8, 4) is 11.5 Å². The van der Waals surface area contributed by atoms with Crippen molar-refractivity contribution in [2.45, 2.75) is 12.8 Å². The molecule has 25 heavy (non-hydrogen) atoms. The second-order valence-electron chi connectivity index (χ2n) is 5.25. The summed E-state index contributed by atoms with van der Waals surface area (Å²) in [4.78, 5) is 16.5. The van der Waals surface area contributed by atoms with Gasteiger partial charge in [0, 0.05) is 28.4 Å². The number of carbonyl (C=O) groups excluding carboxylic acids is 1. The van der Waals surface area contributed by atoms with Gasteiger partial charge in [0.1, 0.15) is 22.2 Å². The number of rotatable bonds is 3. The van der Waals surface area contributed by atoms with Crippen LogP contribution in [0, 0.1) is 0 Å². The number of nitrogens with zero attached hydrogens (tertiary/aromatic N) is 1. The van der Waals surface area contributed by atoms with Crippen LogP contribution in [0.3, 0.4) is 0 Å². The van der Waals surface area contributed by atoms with Gasteiger partial charge in [0.25, 0.3) is 0 Å². The van der Waals surface area contributed by atoms with Gasteiger partial charge in [0.2, 0.25) is 5.88 Å². The van der Waals surface area contributed by atoms with Crippen molar-refractivity contribution in [3.05, 3.63) is 63.2 Å². The molecular formula is C17H14Cl2N2O4. The Labute approximate surface area is 153 Å². The van der Waals surface area contributed by atoms with Gasteiger partial charge in [0.05, 0.1) is 12.5 Å². The molecule has 0 amide bonds. The summed E-state index contributed by atoms with van der Waals surface area (Å²) in [6.07, 6.45) is 1.46. The van der Waals surface area contributed by atoms with Crippen LogP contribution in [-0.2, 0) is 9.53 Å². The minimum Gasteiger partial charge on any atom is -0.508 e. The van der Waals surface area contributed by atoms with E-state index in [2.05, 4.69) is 4.98 Å². The number of carbonyl (C=O) groups is 1. The number of benzene rings is 1. The number of pyridine rings is 1. The van der Waals surface area contributed by atoms with Crippen LogP contribution in [0.2, 0.25) is 10.2 Å². The van der Waals surface area contributed by atoms with Crippen LogP contribution in [0.25, 0.3) is 0 Å². The van der Waals surface area contributed by atoms with Crippen molar-refractivity contribution in [2.75, 3.05) is 6.61 Å². The van der Waals surface area contributed by atoms with E-state index in [1.165, 1.54) is 18.3 Å². The maximum absolute atomic E-state index is 12.5. The van der Waals surface area contributed by atoms with Gasteiger partial charge in [-0.25, -0.2) is 9.78 Å². The van der Waals surface area contributed by atoms with Crippen LogP contribution >= 0.6 is 23.2 Å². The van der Waals surface area contributed by atoms with Crippen molar-refractivity contribution < 1.29 is 19.4 Å². The first-order valence-corrected chi connectivity index (χ1v) is 8.17. The second kappa shape index (κ2) is 6.82. The van der Waals surface area contributed by atoms with E-state index in [-0.39, 0.29) is 29.0 Å². The zero-order valence-corrected chi connectivity index (χ0v) is 14.6. The molecule has 6 nitrogen and oxygen atoms in total. The Balaban J connectivity index is 2.28. The lowest BCUT2D eigenvalue weighted by Crippen LogP contribution is -2.27. The van der Waals surface area contributed by atoms with E-state index in [4.69, 9.17) is 38.4 Å². The van der Waals surface area contributed by atoms with Gasteiger partial charge < -0.3 is 20.3 Å². The number of nitrogens with two attached hydrogens (primary N) is 1. The van der Waals surface area contributed by atoms with Crippen molar-refractivity contribution in [3.63, 3.8) is 0 Å². The number of phenols is 1. The Morgan fingerprint density at radius 3 is 2.84 bits per heavy atom. The Bertz CT molecular complexity index is 863. The lowest BCUT2D eigenvalue weighted by atomic mass is 9.83. The van der Waals surface area contributed by atoms with E-state index >= 15 is 0 Å². The first-order valence-electron chi connectivity index (χ1n) is 7.41. The van der Waals surface area contributed by atoms with E-state index in [1.807, 2.05) is 0 Å². The van der Waals surface area contributed by atoms with Gasteiger partial charge in [-0.3, -0.25) is 0 Å². The van der Waals surface area contributed by atoms with Crippen molar-refractivity contribution >= 4 is 29.2 Å². The minimum atomic E-state index is -0.739. The summed E-state index contributed by atoms with van der Waals surface area (Å²) in [7, 11) is 0. The molecule has 130 valence electrons. The van der Waals surface area contributed by atoms with Crippen molar-refractivity contribution in [1.82, 2.24) is 4.98 Å². The third-order valence-corrected chi connectivity index (χ3v) is 4.39. The number of ether oxygens (including phenoxy) is 2. The van der Waals surface area contributed by atoms with E-state index in [9.17, 15) is 9.90 Å². The Morgan fingerprint density at radius 2 is 2.16 bits per heavy atom. The summed E-state index contributed by atoms with van der Waals surface area (Å²) >= 11 is 12.6. The summed E-state index contributed by atoms with van der Waals surface area (Å²) in [6.45, 7) is 1.85. The molecule has 0 saturated heterocycles. The smallest absolute Gasteiger partial charge is 0.340 e. The lowest BCUT2D eigenvalue weighted by molar-refractivity contribution is -0.139. The molecule has 1 aliphatic heterocycles. The van der Waals surface area contributed by atoms with Gasteiger partial charge >= 0.3 is 5.97 Å². The summed E-state index contributed by atoms with van der Waals surface area (Å²) in [5.41, 5.74) is 7.02. The number of esters is 1. The maximum atomic E-state index is 12.5. The highest BCUT2D eigenvalue weighted by atomic mass is 35.5. The number of halogens is 2. The zero-order chi connectivity index (χ0) is 18.1. The number of hydrogen-bond donors (Lipinski definition) is 2. The van der Waals surface area contributed by atoms with Crippen LogP contribution in [0.5, 0.6) is 11.5 Å². The minimum absolute atomic E-state index is 0.00624. The molecule has 3 rings (SSSR count). The summed E-state index contributed by atoms with van der Waals surface area (Å²) in [5, 5.41) is 10.2. The number of hydrogen-bond acceptors (Lipinski definition) is 6. The molecule has 1 aliphatic rings. The Morgan fingerprint density at radius 1 is 1.40 bits per heavy atom. The number of aromatic nitrogens is 1. The molecule has 0 aliphatic carbocycles. The first kappa shape index (κ1) is 17.4. The molecular weight excluding hydrogens is 367 g/mol. The molecule has 2 heterocycles. The third-order valence-electron chi connectivity index (χ3n) is 3.75. The lowest BCUT2D eigenvalue weighted by Gasteiger charge is -2.29. The molecule has 8 heteroatoms. The van der Waals surface area contributed by atoms with Crippen LogP contribution in [0.4, 0.5) is 0 Å². The molecule has 1 aromatic carbocycles. The largest absolute Gasteiger partial charge is 0.508 e. The molecule has 0 saturated carbocycles. The highest BCUT2D eigenvalue weighted by Crippen LogP contribution is 2.47. The predicted molar refractivity (Wildman–Crippen MR) is 92.7 cm³/mol. The second-order valence-corrected chi connectivity index (χ2v) is 6.02. The molecule has 0 bridgehead atoms. The van der Waals surface area contributed by atoms with E-state index in [0.29, 0.717) is 21.9 Å². The van der Waals surface area contributed by atoms with Gasteiger partial charge in [-0.05, 0) is 19.1 Å². The molecule has 0 radical (unpaired) electrons. The van der Waals surface area contributed by atoms with Gasteiger partial charge in [-0.1, -0.05) is 29.3 Å². The fourth-order valence-corrected chi connectivity index (χ4v) is 3.30. The van der Waals surface area contributed by atoms with Crippen LogP contribution < -0.4 is 10.5 Å². The number of phenolic OH excluding ortho intramolecular Hbond substituents is 1. The van der Waals surface area contributed by atoms with Crippen LogP contribution in [0.15, 0.2) is 41.9 Å². The fraction of sp³-hybridized carbons (Fsp3) is 0.176. The third kappa shape index (κ3) is 3.10. The summed E-state index contributed by atoms with van der Waals surface area (Å²) in [5.74, 6) is -1.23. The average Bonchev–Trinajstić information content (AvgIpc) is 2.54. The van der Waals surface area contributed by atoms with Crippen molar-refractivity contribution in [1.29, 1.82) is 0 Å². The number of aromatic hydroxyl groups is 1. The van der Waals surface area contributed by atoms with Crippen LogP contribution in [-0.4, -0.2) is 22.7 Å². The number of fused-ring (bicyclic) bond motifs is 1. The average molecular weight is 381 g/mol. The van der Waals surface area contributed by atoms with E-state index < -0.39 is 11.9 Å². The first-order chi connectivity index (χ1) is 11.9. The predicted octanol–water partition coefficient (Wildman–Crippen LogP) is 3.35. The Kier molecular flexibility index (Phi) is 4.74. The molecule has 1 atom stereocenters. The molecule has 1 aromatic heterocycles. The molecule has 3 N–H and O–H groups in total. The summed E-state index contributed by atoms with van der Waals surface area (Å²) in [6, 6.07) is 6.05. The normalized spacial score (nSPS) is 16.2. The fourth-order valence-electron chi connectivity index (χ4n) is 2.73. The van der Waals surface area contributed by atoms with E-state index in [0.717, 1.165) is 0 Å². The zero-order valence-electron chi connectivity index (χ0n) is 13.1. The molecule has 1 unspecified atom stereocenters. The van der Waals surface area contributed by atoms with Gasteiger partial charge in [-0.2, -0.15) is 0 Å². The Hall–Kier alpha value is -2.44. The van der Waals surface area contributed by atoms with Crippen LogP contribution in [0.1, 0.15) is 24.0 Å². The van der Waals surface area contributed by atoms with Crippen molar-refractivity contribution in [2.24, 2.45) is 5.73 Å². The highest BCUT2D eigenvalue weighted by molar-refractivity contribution is 6.35. The van der Waals surface area contributed by atoms with E-state index in [1.54, 1.807) is 19.1 Å². The van der Waals surface area contributed by atoms with Gasteiger partial charge in [-0.15, -0.1) is 0 Å². The highest BCUT2D eigenvalue weighted by Gasteiger charge is 2.38. The standard InChI is InChI=1S/C17H14Cl2N2O4/c1-2-24-17(23)14-12(13-10(18)5-6-21-15(13)19)9-4-3-8(22)7-11(9)25-16(14)20/h3-7,12,22H,2,20H2,1H3. The maximum Gasteiger partial charge on any atom is 0.340 e. The molecule has 0 spiro atoms. The summed E-state index contributed by atoms with van der Waals surface area (Å²) < 4.78 is 10.6. The monoisotopic (exact) mass is 380 g/mol. The molecule has 0 fully saturated rings. The van der Waals surface area contributed by atoms with Gasteiger partial charge in [0.15, 0.2) is 0 Å².